The topological polar surface area (TPSA) is 32.7 Å². The van der Waals surface area contributed by atoms with Gasteiger partial charge in [0.2, 0.25) is 0 Å². The van der Waals surface area contributed by atoms with E-state index in [9.17, 15) is 0 Å². The quantitative estimate of drug-likeness (QED) is 0.659. The van der Waals surface area contributed by atoms with Crippen molar-refractivity contribution in [1.29, 1.82) is 0 Å². The van der Waals surface area contributed by atoms with E-state index in [0.29, 0.717) is 12.2 Å². The van der Waals surface area contributed by atoms with E-state index in [2.05, 4.69) is 18.7 Å². The number of aliphatic hydroxyl groups is 1. The summed E-state index contributed by atoms with van der Waals surface area (Å²) in [5.74, 6) is 0. The largest absolute Gasteiger partial charge is 0.395 e. The third-order valence-electron chi connectivity index (χ3n) is 2.34. The fourth-order valence-electron chi connectivity index (χ4n) is 1.69. The summed E-state index contributed by atoms with van der Waals surface area (Å²) in [7, 11) is 0. The molecule has 0 amide bonds. The van der Waals surface area contributed by atoms with Gasteiger partial charge in [-0.05, 0) is 20.8 Å². The van der Waals surface area contributed by atoms with E-state index in [0.717, 1.165) is 13.1 Å². The Morgan fingerprint density at radius 1 is 1.42 bits per heavy atom. The average Bonchev–Trinajstić information content (AvgIpc) is 2.01. The fraction of sp³-hybridized carbons (Fsp3) is 1.00. The smallest absolute Gasteiger partial charge is 0.0678 e. The Bertz CT molecular complexity index is 130. The van der Waals surface area contributed by atoms with E-state index in [-0.39, 0.29) is 12.6 Å². The Morgan fingerprint density at radius 3 is 2.33 bits per heavy atom. The van der Waals surface area contributed by atoms with Crippen molar-refractivity contribution in [2.75, 3.05) is 19.7 Å². The second-order valence-electron chi connectivity index (χ2n) is 3.74. The van der Waals surface area contributed by atoms with Crippen LogP contribution in [-0.2, 0) is 4.74 Å². The lowest BCUT2D eigenvalue weighted by atomic mass is 10.2. The van der Waals surface area contributed by atoms with Crippen molar-refractivity contribution in [2.45, 2.75) is 39.0 Å². The Morgan fingerprint density at radius 2 is 1.92 bits per heavy atom. The van der Waals surface area contributed by atoms with Gasteiger partial charge in [0.15, 0.2) is 0 Å². The zero-order chi connectivity index (χ0) is 9.14. The van der Waals surface area contributed by atoms with Crippen molar-refractivity contribution in [3.63, 3.8) is 0 Å². The number of hydrogen-bond donors (Lipinski definition) is 1. The molecular weight excluding hydrogens is 154 g/mol. The third-order valence-corrected chi connectivity index (χ3v) is 2.34. The zero-order valence-electron chi connectivity index (χ0n) is 8.16. The maximum absolute atomic E-state index is 8.98. The Balaban J connectivity index is 2.43. The van der Waals surface area contributed by atoms with Crippen molar-refractivity contribution in [3.05, 3.63) is 0 Å². The summed E-state index contributed by atoms with van der Waals surface area (Å²) in [6.45, 7) is 8.31. The van der Waals surface area contributed by atoms with Crippen LogP contribution in [0.5, 0.6) is 0 Å². The fourth-order valence-corrected chi connectivity index (χ4v) is 1.69. The molecule has 1 saturated heterocycles. The minimum atomic E-state index is 0.236. The first kappa shape index (κ1) is 9.96. The monoisotopic (exact) mass is 173 g/mol. The van der Waals surface area contributed by atoms with Gasteiger partial charge in [0.25, 0.3) is 0 Å². The number of ether oxygens (including phenoxy) is 1. The minimum Gasteiger partial charge on any atom is -0.395 e. The molecule has 1 fully saturated rings. The summed E-state index contributed by atoms with van der Waals surface area (Å²) < 4.78 is 5.59. The van der Waals surface area contributed by atoms with E-state index < -0.39 is 0 Å². The third kappa shape index (κ3) is 2.44. The molecule has 0 aromatic carbocycles. The normalized spacial score (nSPS) is 35.0. The molecule has 1 aliphatic rings. The lowest BCUT2D eigenvalue weighted by Gasteiger charge is -2.38. The molecule has 0 bridgehead atoms. The van der Waals surface area contributed by atoms with Crippen LogP contribution in [-0.4, -0.2) is 48.0 Å². The van der Waals surface area contributed by atoms with Crippen LogP contribution >= 0.6 is 0 Å². The second-order valence-corrected chi connectivity index (χ2v) is 3.74. The standard InChI is InChI=1S/C9H19NO2/c1-7(6-11)10-4-8(2)12-9(3)5-10/h7-9,11H,4-6H2,1-3H3/t7?,8-,9-/m0/s1. The van der Waals surface area contributed by atoms with Gasteiger partial charge in [-0.2, -0.15) is 0 Å². The van der Waals surface area contributed by atoms with Crippen LogP contribution in [0.3, 0.4) is 0 Å². The highest BCUT2D eigenvalue weighted by atomic mass is 16.5. The van der Waals surface area contributed by atoms with E-state index >= 15 is 0 Å². The van der Waals surface area contributed by atoms with Crippen molar-refractivity contribution >= 4 is 0 Å². The minimum absolute atomic E-state index is 0.236. The van der Waals surface area contributed by atoms with Crippen molar-refractivity contribution in [3.8, 4) is 0 Å². The van der Waals surface area contributed by atoms with Crippen LogP contribution < -0.4 is 0 Å². The molecule has 72 valence electrons. The highest BCUT2D eigenvalue weighted by Gasteiger charge is 2.24. The SMILES string of the molecule is CC(CO)N1C[C@H](C)O[C@@H](C)C1. The molecule has 1 rings (SSSR count). The van der Waals surface area contributed by atoms with E-state index in [4.69, 9.17) is 9.84 Å². The number of aliphatic hydroxyl groups excluding tert-OH is 1. The first-order chi connectivity index (χ1) is 5.63. The summed E-state index contributed by atoms with van der Waals surface area (Å²) in [5, 5.41) is 8.98. The molecule has 0 spiro atoms. The van der Waals surface area contributed by atoms with Gasteiger partial charge in [-0.1, -0.05) is 0 Å². The van der Waals surface area contributed by atoms with Crippen LogP contribution in [0.1, 0.15) is 20.8 Å². The predicted octanol–water partition coefficient (Wildman–Crippen LogP) is 0.476. The lowest BCUT2D eigenvalue weighted by molar-refractivity contribution is -0.0831. The number of hydrogen-bond acceptors (Lipinski definition) is 3. The van der Waals surface area contributed by atoms with Crippen molar-refractivity contribution in [2.24, 2.45) is 0 Å². The summed E-state index contributed by atoms with van der Waals surface area (Å²) in [6, 6.07) is 0.263. The number of morpholine rings is 1. The number of nitrogens with zero attached hydrogens (tertiary/aromatic N) is 1. The Hall–Kier alpha value is -0.120. The summed E-state index contributed by atoms with van der Waals surface area (Å²) in [4.78, 5) is 2.28. The number of rotatable bonds is 2. The first-order valence-corrected chi connectivity index (χ1v) is 4.64. The molecule has 0 radical (unpaired) electrons. The molecule has 3 heteroatoms. The average molecular weight is 173 g/mol. The first-order valence-electron chi connectivity index (χ1n) is 4.64. The van der Waals surface area contributed by atoms with Crippen LogP contribution in [0, 0.1) is 0 Å². The molecule has 3 nitrogen and oxygen atoms in total. The maximum atomic E-state index is 8.98. The molecule has 3 atom stereocenters. The molecule has 0 saturated carbocycles. The van der Waals surface area contributed by atoms with Gasteiger partial charge in [-0.3, -0.25) is 4.90 Å². The van der Waals surface area contributed by atoms with E-state index in [1.165, 1.54) is 0 Å². The molecule has 1 N–H and O–H groups in total. The second kappa shape index (κ2) is 4.21. The van der Waals surface area contributed by atoms with Crippen molar-refractivity contribution in [1.82, 2.24) is 4.90 Å². The molecule has 12 heavy (non-hydrogen) atoms. The van der Waals surface area contributed by atoms with Gasteiger partial charge in [0.1, 0.15) is 0 Å². The Labute approximate surface area is 74.3 Å². The summed E-state index contributed by atoms with van der Waals surface area (Å²) in [5.41, 5.74) is 0. The molecule has 0 aromatic rings. The summed E-state index contributed by atoms with van der Waals surface area (Å²) >= 11 is 0. The lowest BCUT2D eigenvalue weighted by Crippen LogP contribution is -2.50. The maximum Gasteiger partial charge on any atom is 0.0678 e. The molecular formula is C9H19NO2. The molecule has 1 heterocycles. The van der Waals surface area contributed by atoms with Gasteiger partial charge >= 0.3 is 0 Å². The Kier molecular flexibility index (Phi) is 3.50. The van der Waals surface area contributed by atoms with Gasteiger partial charge in [-0.15, -0.1) is 0 Å². The highest BCUT2D eigenvalue weighted by molar-refractivity contribution is 4.76. The van der Waals surface area contributed by atoms with Crippen LogP contribution in [0.2, 0.25) is 0 Å². The van der Waals surface area contributed by atoms with Gasteiger partial charge in [-0.25, -0.2) is 0 Å². The van der Waals surface area contributed by atoms with Crippen LogP contribution in [0.25, 0.3) is 0 Å². The summed E-state index contributed by atoms with van der Waals surface area (Å²) in [6.07, 6.45) is 0.588. The van der Waals surface area contributed by atoms with Gasteiger partial charge in [0.05, 0.1) is 18.8 Å². The van der Waals surface area contributed by atoms with Crippen molar-refractivity contribution < 1.29 is 9.84 Å². The molecule has 0 aromatic heterocycles. The zero-order valence-corrected chi connectivity index (χ0v) is 8.16. The molecule has 1 unspecified atom stereocenters. The van der Waals surface area contributed by atoms with Crippen LogP contribution in [0.15, 0.2) is 0 Å². The predicted molar refractivity (Wildman–Crippen MR) is 48.1 cm³/mol. The van der Waals surface area contributed by atoms with E-state index in [1.807, 2.05) is 6.92 Å². The van der Waals surface area contributed by atoms with E-state index in [1.54, 1.807) is 0 Å². The van der Waals surface area contributed by atoms with Gasteiger partial charge < -0.3 is 9.84 Å². The molecule has 0 aliphatic carbocycles. The molecule has 1 aliphatic heterocycles. The van der Waals surface area contributed by atoms with Crippen LogP contribution in [0.4, 0.5) is 0 Å². The van der Waals surface area contributed by atoms with Gasteiger partial charge in [0, 0.05) is 19.1 Å². The highest BCUT2D eigenvalue weighted by Crippen LogP contribution is 2.12.